The third-order valence-corrected chi connectivity index (χ3v) is 1.98. The quantitative estimate of drug-likeness (QED) is 0.733. The Labute approximate surface area is 90.5 Å². The topological polar surface area (TPSA) is 59.8 Å². The molecule has 0 aliphatic rings. The minimum absolute atomic E-state index is 0.0309. The molecule has 81 valence electrons. The van der Waals surface area contributed by atoms with E-state index < -0.39 is 0 Å². The van der Waals surface area contributed by atoms with Crippen LogP contribution in [0.1, 0.15) is 39.3 Å². The summed E-state index contributed by atoms with van der Waals surface area (Å²) in [4.78, 5) is 11.3. The molecule has 1 aromatic heterocycles. The Kier molecular flexibility index (Phi) is 3.88. The van der Waals surface area contributed by atoms with Gasteiger partial charge in [-0.15, -0.1) is 5.10 Å². The van der Waals surface area contributed by atoms with Crippen LogP contribution in [-0.2, 0) is 4.79 Å². The molecule has 1 N–H and O–H groups in total. The standard InChI is InChI=1S/C9H16BN4O/c1-6(2)8-5-14(13-12-8)10-11-9(15)7(3)4/h5-7H,1-4H3,(H,11,15). The second-order valence-corrected chi connectivity index (χ2v) is 4.07. The molecule has 0 aliphatic heterocycles. The van der Waals surface area contributed by atoms with Crippen molar-refractivity contribution in [3.63, 3.8) is 0 Å². The zero-order valence-corrected chi connectivity index (χ0v) is 9.56. The Morgan fingerprint density at radius 3 is 2.60 bits per heavy atom. The summed E-state index contributed by atoms with van der Waals surface area (Å²) in [5.74, 6) is 0.277. The molecule has 1 heterocycles. The zero-order valence-electron chi connectivity index (χ0n) is 9.56. The summed E-state index contributed by atoms with van der Waals surface area (Å²) in [6.07, 6.45) is 1.80. The average molecular weight is 207 g/mol. The number of amides is 1. The maximum absolute atomic E-state index is 11.3. The SMILES string of the molecule is CC(C)C(=O)N[B]n1cc(C(C)C)nn1. The van der Waals surface area contributed by atoms with Crippen LogP contribution in [0.3, 0.4) is 0 Å². The van der Waals surface area contributed by atoms with Gasteiger partial charge in [0.2, 0.25) is 5.91 Å². The molecule has 0 spiro atoms. The van der Waals surface area contributed by atoms with Crippen molar-refractivity contribution in [1.82, 2.24) is 20.1 Å². The molecule has 0 aliphatic carbocycles. The molecule has 1 rings (SSSR count). The van der Waals surface area contributed by atoms with Crippen molar-refractivity contribution < 1.29 is 4.79 Å². The average Bonchev–Trinajstić information content (AvgIpc) is 2.62. The Balaban J connectivity index is 2.48. The van der Waals surface area contributed by atoms with Crippen LogP contribution >= 0.6 is 0 Å². The molecular weight excluding hydrogens is 191 g/mol. The van der Waals surface area contributed by atoms with Crippen molar-refractivity contribution in [3.8, 4) is 0 Å². The van der Waals surface area contributed by atoms with Crippen LogP contribution < -0.4 is 5.23 Å². The normalized spacial score (nSPS) is 10.8. The summed E-state index contributed by atoms with van der Waals surface area (Å²) in [5, 5.41) is 10.5. The first-order chi connectivity index (χ1) is 7.00. The molecule has 1 radical (unpaired) electrons. The lowest BCUT2D eigenvalue weighted by Gasteiger charge is -2.04. The second kappa shape index (κ2) is 4.95. The van der Waals surface area contributed by atoms with Crippen LogP contribution in [0, 0.1) is 5.92 Å². The van der Waals surface area contributed by atoms with Gasteiger partial charge >= 0.3 is 7.55 Å². The molecule has 0 unspecified atom stereocenters. The number of nitrogens with one attached hydrogen (secondary N) is 1. The van der Waals surface area contributed by atoms with Crippen LogP contribution in [0.15, 0.2) is 6.20 Å². The second-order valence-electron chi connectivity index (χ2n) is 4.07. The van der Waals surface area contributed by atoms with E-state index in [9.17, 15) is 4.79 Å². The van der Waals surface area contributed by atoms with Gasteiger partial charge in [-0.3, -0.25) is 9.39 Å². The molecule has 1 aromatic rings. The van der Waals surface area contributed by atoms with Crippen molar-refractivity contribution in [3.05, 3.63) is 11.9 Å². The molecule has 0 atom stereocenters. The van der Waals surface area contributed by atoms with Crippen molar-refractivity contribution in [1.29, 1.82) is 0 Å². The van der Waals surface area contributed by atoms with Crippen LogP contribution in [-0.4, -0.2) is 28.4 Å². The highest BCUT2D eigenvalue weighted by atomic mass is 16.1. The molecule has 0 bridgehead atoms. The lowest BCUT2D eigenvalue weighted by Crippen LogP contribution is -2.35. The Bertz CT molecular complexity index is 335. The van der Waals surface area contributed by atoms with E-state index in [0.717, 1.165) is 5.69 Å². The minimum Gasteiger partial charge on any atom is -0.381 e. The molecule has 15 heavy (non-hydrogen) atoms. The number of rotatable bonds is 4. The van der Waals surface area contributed by atoms with Crippen molar-refractivity contribution >= 4 is 13.5 Å². The molecule has 0 fully saturated rings. The fourth-order valence-corrected chi connectivity index (χ4v) is 0.914. The summed E-state index contributed by atoms with van der Waals surface area (Å²) in [6.45, 7) is 7.76. The van der Waals surface area contributed by atoms with Gasteiger partial charge in [-0.1, -0.05) is 32.9 Å². The van der Waals surface area contributed by atoms with Gasteiger partial charge in [0.25, 0.3) is 0 Å². The third-order valence-electron chi connectivity index (χ3n) is 1.98. The van der Waals surface area contributed by atoms with Crippen LogP contribution in [0.5, 0.6) is 0 Å². The van der Waals surface area contributed by atoms with Crippen molar-refractivity contribution in [2.24, 2.45) is 5.92 Å². The van der Waals surface area contributed by atoms with Gasteiger partial charge in [0.1, 0.15) is 0 Å². The zero-order chi connectivity index (χ0) is 11.4. The van der Waals surface area contributed by atoms with Gasteiger partial charge in [0.15, 0.2) is 0 Å². The molecule has 0 saturated carbocycles. The monoisotopic (exact) mass is 207 g/mol. The Hall–Kier alpha value is -1.33. The highest BCUT2D eigenvalue weighted by Crippen LogP contribution is 2.07. The molecule has 1 amide bonds. The maximum Gasteiger partial charge on any atom is 0.417 e. The first-order valence-electron chi connectivity index (χ1n) is 5.06. The molecule has 6 heteroatoms. The van der Waals surface area contributed by atoms with Crippen LogP contribution in [0.2, 0.25) is 0 Å². The number of nitrogens with zero attached hydrogens (tertiary/aromatic N) is 3. The van der Waals surface area contributed by atoms with E-state index in [1.54, 1.807) is 6.20 Å². The van der Waals surface area contributed by atoms with Gasteiger partial charge in [-0.25, -0.2) is 0 Å². The van der Waals surface area contributed by atoms with E-state index in [-0.39, 0.29) is 11.8 Å². The number of hydrogen-bond donors (Lipinski definition) is 1. The minimum atomic E-state index is -0.0330. The maximum atomic E-state index is 11.3. The summed E-state index contributed by atoms with van der Waals surface area (Å²) >= 11 is 0. The van der Waals surface area contributed by atoms with Gasteiger partial charge in [-0.05, 0) is 5.92 Å². The van der Waals surface area contributed by atoms with E-state index >= 15 is 0 Å². The summed E-state index contributed by atoms with van der Waals surface area (Å²) in [6, 6.07) is 0. The predicted molar refractivity (Wildman–Crippen MR) is 58.2 cm³/mol. The Morgan fingerprint density at radius 1 is 1.47 bits per heavy atom. The lowest BCUT2D eigenvalue weighted by atomic mass is 10.1. The number of carbonyl (C=O) groups excluding carboxylic acids is 1. The predicted octanol–water partition coefficient (Wildman–Crippen LogP) is 0.556. The van der Waals surface area contributed by atoms with E-state index in [2.05, 4.69) is 15.5 Å². The molecule has 5 nitrogen and oxygen atoms in total. The highest BCUT2D eigenvalue weighted by Gasteiger charge is 2.10. The molecule has 0 aromatic carbocycles. The van der Waals surface area contributed by atoms with Crippen molar-refractivity contribution in [2.45, 2.75) is 33.6 Å². The lowest BCUT2D eigenvalue weighted by molar-refractivity contribution is -0.122. The van der Waals surface area contributed by atoms with Crippen LogP contribution in [0.4, 0.5) is 0 Å². The first-order valence-corrected chi connectivity index (χ1v) is 5.06. The first kappa shape index (κ1) is 11.7. The van der Waals surface area contributed by atoms with Gasteiger partial charge in [-0.2, -0.15) is 0 Å². The third kappa shape index (κ3) is 3.38. The van der Waals surface area contributed by atoms with E-state index in [4.69, 9.17) is 0 Å². The fraction of sp³-hybridized carbons (Fsp3) is 0.667. The molecule has 0 saturated heterocycles. The van der Waals surface area contributed by atoms with E-state index in [1.165, 1.54) is 12.1 Å². The summed E-state index contributed by atoms with van der Waals surface area (Å²) in [7, 11) is 1.52. The number of hydrogen-bond acceptors (Lipinski definition) is 3. The number of carbonyl (C=O) groups is 1. The van der Waals surface area contributed by atoms with Crippen molar-refractivity contribution in [2.75, 3.05) is 0 Å². The largest absolute Gasteiger partial charge is 0.417 e. The molecular formula is C9H16BN4O. The highest BCUT2D eigenvalue weighted by molar-refractivity contribution is 6.34. The van der Waals surface area contributed by atoms with E-state index in [1.807, 2.05) is 27.7 Å². The van der Waals surface area contributed by atoms with Crippen LogP contribution in [0.25, 0.3) is 0 Å². The van der Waals surface area contributed by atoms with Gasteiger partial charge < -0.3 is 5.23 Å². The Morgan fingerprint density at radius 2 is 2.13 bits per heavy atom. The van der Waals surface area contributed by atoms with E-state index in [0.29, 0.717) is 5.92 Å². The van der Waals surface area contributed by atoms with Gasteiger partial charge in [0.05, 0.1) is 5.69 Å². The summed E-state index contributed by atoms with van der Waals surface area (Å²) in [5.41, 5.74) is 0.907. The van der Waals surface area contributed by atoms with Gasteiger partial charge in [0, 0.05) is 12.1 Å². The smallest absolute Gasteiger partial charge is 0.381 e. The number of aromatic nitrogens is 3. The fourth-order valence-electron chi connectivity index (χ4n) is 0.914. The summed E-state index contributed by atoms with van der Waals surface area (Å²) < 4.78 is 1.51.